The van der Waals surface area contributed by atoms with Gasteiger partial charge in [-0.3, -0.25) is 14.9 Å². The molecule has 0 atom stereocenters. The number of hydrogen-bond acceptors (Lipinski definition) is 6. The molecule has 0 aliphatic carbocycles. The lowest BCUT2D eigenvalue weighted by Crippen LogP contribution is -2.49. The molecule has 0 aromatic heterocycles. The summed E-state index contributed by atoms with van der Waals surface area (Å²) in [5.41, 5.74) is 0.635. The quantitative estimate of drug-likeness (QED) is 0.357. The molecule has 3 amide bonds. The van der Waals surface area contributed by atoms with Crippen molar-refractivity contribution in [3.05, 3.63) is 39.9 Å². The number of non-ortho nitro benzene ring substituents is 1. The van der Waals surface area contributed by atoms with Gasteiger partial charge in [0.05, 0.1) is 18.1 Å². The van der Waals surface area contributed by atoms with Crippen LogP contribution in [0.15, 0.2) is 24.3 Å². The Labute approximate surface area is 163 Å². The Hall–Kier alpha value is -2.72. The predicted octanol–water partition coefficient (Wildman–Crippen LogP) is 0.526. The second-order valence-electron chi connectivity index (χ2n) is 6.92. The summed E-state index contributed by atoms with van der Waals surface area (Å²) in [5, 5.41) is 21.9. The average Bonchev–Trinajstić information content (AvgIpc) is 2.70. The molecule has 1 heterocycles. The van der Waals surface area contributed by atoms with Gasteiger partial charge in [0.1, 0.15) is 0 Å². The number of urea groups is 1. The number of piperidine rings is 1. The first-order chi connectivity index (χ1) is 13.4. The summed E-state index contributed by atoms with van der Waals surface area (Å²) in [6.07, 6.45) is 1.84. The van der Waals surface area contributed by atoms with Gasteiger partial charge < -0.3 is 26.0 Å². The number of carbonyl (C=O) groups is 2. The fourth-order valence-corrected chi connectivity index (χ4v) is 3.12. The van der Waals surface area contributed by atoms with Crippen LogP contribution in [0.2, 0.25) is 0 Å². The van der Waals surface area contributed by atoms with Crippen LogP contribution >= 0.6 is 0 Å². The van der Waals surface area contributed by atoms with Crippen LogP contribution in [0.1, 0.15) is 18.4 Å². The van der Waals surface area contributed by atoms with Crippen LogP contribution in [0.3, 0.4) is 0 Å². The lowest BCUT2D eigenvalue weighted by Gasteiger charge is -2.37. The zero-order chi connectivity index (χ0) is 20.4. The minimum absolute atomic E-state index is 0.00938. The molecule has 1 aromatic carbocycles. The Bertz CT molecular complexity index is 668. The van der Waals surface area contributed by atoms with E-state index in [0.29, 0.717) is 13.2 Å². The molecule has 154 valence electrons. The maximum atomic E-state index is 12.0. The minimum Gasteiger partial charge on any atom is -0.384 e. The van der Waals surface area contributed by atoms with E-state index in [1.165, 1.54) is 12.1 Å². The number of nitrogens with one attached hydrogen (secondary N) is 4. The number of benzene rings is 1. The number of rotatable bonds is 9. The van der Waals surface area contributed by atoms with Gasteiger partial charge in [-0.05, 0) is 31.5 Å². The molecule has 0 spiro atoms. The third-order valence-corrected chi connectivity index (χ3v) is 4.79. The summed E-state index contributed by atoms with van der Waals surface area (Å²) in [6.45, 7) is 2.94. The lowest BCUT2D eigenvalue weighted by molar-refractivity contribution is -0.384. The summed E-state index contributed by atoms with van der Waals surface area (Å²) in [4.78, 5) is 34.0. The van der Waals surface area contributed by atoms with Crippen molar-refractivity contribution < 1.29 is 19.2 Å². The summed E-state index contributed by atoms with van der Waals surface area (Å²) in [7, 11) is 1.66. The van der Waals surface area contributed by atoms with Crippen molar-refractivity contribution >= 4 is 17.6 Å². The molecule has 1 aliphatic heterocycles. The second kappa shape index (κ2) is 10.6. The molecule has 1 saturated heterocycles. The van der Waals surface area contributed by atoms with E-state index in [1.54, 1.807) is 19.2 Å². The Kier molecular flexibility index (Phi) is 8.15. The highest BCUT2D eigenvalue weighted by Crippen LogP contribution is 2.28. The molecule has 1 aliphatic rings. The van der Waals surface area contributed by atoms with E-state index in [0.717, 1.165) is 31.5 Å². The zero-order valence-corrected chi connectivity index (χ0v) is 16.0. The van der Waals surface area contributed by atoms with Crippen molar-refractivity contribution in [2.45, 2.75) is 19.4 Å². The van der Waals surface area contributed by atoms with Gasteiger partial charge in [0.2, 0.25) is 5.91 Å². The number of nitro groups is 1. The molecule has 1 aromatic rings. The first-order valence-electron chi connectivity index (χ1n) is 9.15. The molecule has 2 rings (SSSR count). The first-order valence-corrected chi connectivity index (χ1v) is 9.15. The van der Waals surface area contributed by atoms with E-state index in [2.05, 4.69) is 21.3 Å². The first kappa shape index (κ1) is 21.6. The van der Waals surface area contributed by atoms with Crippen molar-refractivity contribution in [2.24, 2.45) is 5.41 Å². The van der Waals surface area contributed by atoms with Gasteiger partial charge >= 0.3 is 6.03 Å². The molecule has 10 heteroatoms. The van der Waals surface area contributed by atoms with Crippen LogP contribution in [-0.2, 0) is 16.1 Å². The predicted molar refractivity (Wildman–Crippen MR) is 103 cm³/mol. The van der Waals surface area contributed by atoms with Crippen molar-refractivity contribution in [1.82, 2.24) is 21.3 Å². The molecule has 1 fully saturated rings. The minimum atomic E-state index is -0.484. The van der Waals surface area contributed by atoms with E-state index >= 15 is 0 Å². The maximum Gasteiger partial charge on any atom is 0.315 e. The number of carbonyl (C=O) groups excluding carboxylic acids is 2. The van der Waals surface area contributed by atoms with E-state index in [4.69, 9.17) is 4.74 Å². The molecular weight excluding hydrogens is 366 g/mol. The van der Waals surface area contributed by atoms with Crippen LogP contribution < -0.4 is 21.3 Å². The number of methoxy groups -OCH3 is 1. The summed E-state index contributed by atoms with van der Waals surface area (Å²) in [5.74, 6) is -0.264. The molecule has 0 saturated carbocycles. The molecular formula is C18H27N5O5. The summed E-state index contributed by atoms with van der Waals surface area (Å²) in [6, 6.07) is 5.40. The average molecular weight is 393 g/mol. The van der Waals surface area contributed by atoms with Gasteiger partial charge in [0.15, 0.2) is 0 Å². The van der Waals surface area contributed by atoms with Crippen LogP contribution in [0.4, 0.5) is 10.5 Å². The molecule has 10 nitrogen and oxygen atoms in total. The zero-order valence-electron chi connectivity index (χ0n) is 16.0. The smallest absolute Gasteiger partial charge is 0.315 e. The molecule has 0 radical (unpaired) electrons. The van der Waals surface area contributed by atoms with Crippen molar-refractivity contribution in [1.29, 1.82) is 0 Å². The Morgan fingerprint density at radius 2 is 1.86 bits per heavy atom. The highest BCUT2D eigenvalue weighted by molar-refractivity contribution is 5.83. The number of amides is 3. The maximum absolute atomic E-state index is 12.0. The number of hydrogen-bond donors (Lipinski definition) is 4. The summed E-state index contributed by atoms with van der Waals surface area (Å²) >= 11 is 0. The fraction of sp³-hybridized carbons (Fsp3) is 0.556. The van der Waals surface area contributed by atoms with E-state index in [9.17, 15) is 19.7 Å². The van der Waals surface area contributed by atoms with E-state index in [-0.39, 0.29) is 30.1 Å². The van der Waals surface area contributed by atoms with Crippen molar-refractivity contribution in [3.63, 3.8) is 0 Å². The van der Waals surface area contributed by atoms with Gasteiger partial charge in [-0.1, -0.05) is 12.1 Å². The third kappa shape index (κ3) is 6.78. The van der Waals surface area contributed by atoms with E-state index < -0.39 is 11.0 Å². The largest absolute Gasteiger partial charge is 0.384 e. The number of nitro benzene ring substituents is 1. The van der Waals surface area contributed by atoms with E-state index in [1.807, 2.05) is 0 Å². The van der Waals surface area contributed by atoms with Gasteiger partial charge in [-0.25, -0.2) is 4.79 Å². The van der Waals surface area contributed by atoms with Crippen molar-refractivity contribution in [2.75, 3.05) is 39.9 Å². The third-order valence-electron chi connectivity index (χ3n) is 4.79. The van der Waals surface area contributed by atoms with Gasteiger partial charge in [-0.15, -0.1) is 0 Å². The Morgan fingerprint density at radius 1 is 1.18 bits per heavy atom. The van der Waals surface area contributed by atoms with Crippen LogP contribution in [-0.4, -0.2) is 56.8 Å². The Balaban J connectivity index is 1.68. The normalized spacial score (nSPS) is 15.5. The van der Waals surface area contributed by atoms with Gasteiger partial charge in [0, 0.05) is 37.7 Å². The number of nitrogens with zero attached hydrogens (tertiary/aromatic N) is 1. The molecule has 4 N–H and O–H groups in total. The summed E-state index contributed by atoms with van der Waals surface area (Å²) < 4.78 is 5.31. The highest BCUT2D eigenvalue weighted by atomic mass is 16.6. The lowest BCUT2D eigenvalue weighted by atomic mass is 9.79. The Morgan fingerprint density at radius 3 is 2.46 bits per heavy atom. The van der Waals surface area contributed by atoms with Gasteiger partial charge in [-0.2, -0.15) is 0 Å². The van der Waals surface area contributed by atoms with Crippen LogP contribution in [0.25, 0.3) is 0 Å². The monoisotopic (exact) mass is 393 g/mol. The molecule has 0 unspecified atom stereocenters. The number of ether oxygens (including phenoxy) is 1. The SMILES string of the molecule is COCC1(CNC(=O)CNC(=O)NCc2ccc([N+](=O)[O-])cc2)CCNCC1. The van der Waals surface area contributed by atoms with Crippen molar-refractivity contribution in [3.8, 4) is 0 Å². The fourth-order valence-electron chi connectivity index (χ4n) is 3.12. The standard InChI is InChI=1S/C18H27N5O5/c1-28-13-18(6-8-19-9-7-18)12-22-16(24)11-21-17(25)20-10-14-2-4-15(5-3-14)23(26)27/h2-5,19H,6-13H2,1H3,(H,22,24)(H2,20,21,25). The highest BCUT2D eigenvalue weighted by Gasteiger charge is 2.32. The molecule has 28 heavy (non-hydrogen) atoms. The van der Waals surface area contributed by atoms with Gasteiger partial charge in [0.25, 0.3) is 5.69 Å². The van der Waals surface area contributed by atoms with Crippen LogP contribution in [0.5, 0.6) is 0 Å². The second-order valence-corrected chi connectivity index (χ2v) is 6.92. The topological polar surface area (TPSA) is 135 Å². The van der Waals surface area contributed by atoms with Crippen LogP contribution in [0, 0.1) is 15.5 Å². The molecule has 0 bridgehead atoms.